The molecule has 0 aromatic heterocycles. The molecule has 1 aliphatic carbocycles. The second-order valence-corrected chi connectivity index (χ2v) is 5.26. The molecule has 15 heavy (non-hydrogen) atoms. The summed E-state index contributed by atoms with van der Waals surface area (Å²) in [6.07, 6.45) is 1.94. The maximum absolute atomic E-state index is 8.74. The molecule has 0 aliphatic heterocycles. The highest BCUT2D eigenvalue weighted by Crippen LogP contribution is 2.36. The predicted molar refractivity (Wildman–Crippen MR) is 65.0 cm³/mol. The van der Waals surface area contributed by atoms with Gasteiger partial charge in [0.15, 0.2) is 0 Å². The quantitative estimate of drug-likeness (QED) is 0.764. The molecule has 82 valence electrons. The zero-order chi connectivity index (χ0) is 10.7. The van der Waals surface area contributed by atoms with E-state index < -0.39 is 0 Å². The maximum Gasteiger partial charge on any atom is 0.0438 e. The first-order valence-corrected chi connectivity index (χ1v) is 6.43. The Morgan fingerprint density at radius 2 is 2.20 bits per heavy atom. The summed E-state index contributed by atoms with van der Waals surface area (Å²) in [5.41, 5.74) is 8.89. The third kappa shape index (κ3) is 2.36. The van der Waals surface area contributed by atoms with Crippen LogP contribution in [0.4, 0.5) is 0 Å². The van der Waals surface area contributed by atoms with Crippen LogP contribution in [0, 0.1) is 0 Å². The van der Waals surface area contributed by atoms with Gasteiger partial charge >= 0.3 is 0 Å². The summed E-state index contributed by atoms with van der Waals surface area (Å²) in [6, 6.07) is 8.60. The van der Waals surface area contributed by atoms with Crippen LogP contribution in [0.2, 0.25) is 0 Å². The zero-order valence-electron chi connectivity index (χ0n) is 8.73. The lowest BCUT2D eigenvalue weighted by Crippen LogP contribution is -2.19. The SMILES string of the molecule is NC1c2ccccc2CC1SCCCO. The Kier molecular flexibility index (Phi) is 3.67. The summed E-state index contributed by atoms with van der Waals surface area (Å²) >= 11 is 1.89. The Balaban J connectivity index is 1.97. The molecular formula is C12H17NOS. The number of thioether (sulfide) groups is 1. The Labute approximate surface area is 94.9 Å². The molecule has 0 amide bonds. The summed E-state index contributed by atoms with van der Waals surface area (Å²) in [4.78, 5) is 0. The molecule has 3 N–H and O–H groups in total. The van der Waals surface area contributed by atoms with Gasteiger partial charge in [-0.1, -0.05) is 24.3 Å². The van der Waals surface area contributed by atoms with E-state index in [0.717, 1.165) is 18.6 Å². The minimum absolute atomic E-state index is 0.171. The molecule has 0 saturated heterocycles. The Bertz CT molecular complexity index is 329. The molecule has 2 rings (SSSR count). The Morgan fingerprint density at radius 1 is 1.40 bits per heavy atom. The number of nitrogens with two attached hydrogens (primary N) is 1. The molecule has 3 heteroatoms. The van der Waals surface area contributed by atoms with Gasteiger partial charge in [-0.2, -0.15) is 11.8 Å². The van der Waals surface area contributed by atoms with Crippen molar-refractivity contribution in [1.29, 1.82) is 0 Å². The van der Waals surface area contributed by atoms with Crippen molar-refractivity contribution in [3.8, 4) is 0 Å². The van der Waals surface area contributed by atoms with Crippen LogP contribution in [0.3, 0.4) is 0 Å². The van der Waals surface area contributed by atoms with Crippen LogP contribution in [0.25, 0.3) is 0 Å². The molecule has 1 aliphatic rings. The van der Waals surface area contributed by atoms with Gasteiger partial charge in [-0.05, 0) is 29.7 Å². The van der Waals surface area contributed by atoms with Crippen molar-refractivity contribution in [2.75, 3.05) is 12.4 Å². The van der Waals surface area contributed by atoms with Crippen molar-refractivity contribution in [3.63, 3.8) is 0 Å². The summed E-state index contributed by atoms with van der Waals surface area (Å²) in [7, 11) is 0. The lowest BCUT2D eigenvalue weighted by molar-refractivity contribution is 0.296. The molecule has 1 aromatic carbocycles. The van der Waals surface area contributed by atoms with E-state index in [4.69, 9.17) is 10.8 Å². The molecule has 0 fully saturated rings. The van der Waals surface area contributed by atoms with E-state index in [-0.39, 0.29) is 12.6 Å². The normalized spacial score (nSPS) is 24.1. The first-order valence-electron chi connectivity index (χ1n) is 5.39. The van der Waals surface area contributed by atoms with E-state index in [1.54, 1.807) is 0 Å². The lowest BCUT2D eigenvalue weighted by Gasteiger charge is -2.14. The Morgan fingerprint density at radius 3 is 2.93 bits per heavy atom. The predicted octanol–water partition coefficient (Wildman–Crippen LogP) is 1.73. The van der Waals surface area contributed by atoms with Gasteiger partial charge in [0.05, 0.1) is 0 Å². The fourth-order valence-electron chi connectivity index (χ4n) is 2.05. The highest BCUT2D eigenvalue weighted by Gasteiger charge is 2.29. The van der Waals surface area contributed by atoms with Crippen molar-refractivity contribution >= 4 is 11.8 Å². The second-order valence-electron chi connectivity index (χ2n) is 3.92. The van der Waals surface area contributed by atoms with Gasteiger partial charge in [-0.3, -0.25) is 0 Å². The third-order valence-electron chi connectivity index (χ3n) is 2.87. The molecule has 2 unspecified atom stereocenters. The van der Waals surface area contributed by atoms with Gasteiger partial charge in [0.25, 0.3) is 0 Å². The fraction of sp³-hybridized carbons (Fsp3) is 0.500. The average molecular weight is 223 g/mol. The van der Waals surface area contributed by atoms with Gasteiger partial charge in [0.1, 0.15) is 0 Å². The van der Waals surface area contributed by atoms with Crippen LogP contribution in [-0.4, -0.2) is 22.7 Å². The molecule has 0 radical (unpaired) electrons. The molecule has 2 nitrogen and oxygen atoms in total. The standard InChI is InChI=1S/C12H17NOS/c13-12-10-5-2-1-4-9(10)8-11(12)15-7-3-6-14/h1-2,4-5,11-12,14H,3,6-8,13H2. The molecule has 2 atom stereocenters. The highest BCUT2D eigenvalue weighted by atomic mass is 32.2. The number of rotatable bonds is 4. The lowest BCUT2D eigenvalue weighted by atomic mass is 10.1. The van der Waals surface area contributed by atoms with E-state index in [1.807, 2.05) is 11.8 Å². The van der Waals surface area contributed by atoms with Crippen LogP contribution >= 0.6 is 11.8 Å². The van der Waals surface area contributed by atoms with Gasteiger partial charge in [0.2, 0.25) is 0 Å². The van der Waals surface area contributed by atoms with E-state index in [1.165, 1.54) is 11.1 Å². The van der Waals surface area contributed by atoms with Gasteiger partial charge in [-0.15, -0.1) is 0 Å². The number of aliphatic hydroxyl groups is 1. The summed E-state index contributed by atoms with van der Waals surface area (Å²) in [5, 5.41) is 9.23. The van der Waals surface area contributed by atoms with Gasteiger partial charge < -0.3 is 10.8 Å². The topological polar surface area (TPSA) is 46.2 Å². The van der Waals surface area contributed by atoms with Crippen LogP contribution in [0.15, 0.2) is 24.3 Å². The molecule has 0 bridgehead atoms. The largest absolute Gasteiger partial charge is 0.396 e. The van der Waals surface area contributed by atoms with Gasteiger partial charge in [0, 0.05) is 17.9 Å². The average Bonchev–Trinajstić information content (AvgIpc) is 2.57. The van der Waals surface area contributed by atoms with E-state index in [0.29, 0.717) is 5.25 Å². The second kappa shape index (κ2) is 5.01. The molecule has 0 heterocycles. The highest BCUT2D eigenvalue weighted by molar-refractivity contribution is 7.99. The van der Waals surface area contributed by atoms with Crippen molar-refractivity contribution in [1.82, 2.24) is 0 Å². The summed E-state index contributed by atoms with van der Waals surface area (Å²) < 4.78 is 0. The monoisotopic (exact) mass is 223 g/mol. The zero-order valence-corrected chi connectivity index (χ0v) is 9.54. The third-order valence-corrected chi connectivity index (χ3v) is 4.28. The number of benzene rings is 1. The number of fused-ring (bicyclic) bond motifs is 1. The van der Waals surface area contributed by atoms with Gasteiger partial charge in [-0.25, -0.2) is 0 Å². The van der Waals surface area contributed by atoms with Crippen molar-refractivity contribution in [2.24, 2.45) is 5.73 Å². The van der Waals surface area contributed by atoms with Crippen molar-refractivity contribution in [3.05, 3.63) is 35.4 Å². The summed E-state index contributed by atoms with van der Waals surface area (Å²) in [5.74, 6) is 1.00. The van der Waals surface area contributed by atoms with Crippen molar-refractivity contribution in [2.45, 2.75) is 24.1 Å². The first-order chi connectivity index (χ1) is 7.33. The number of hydrogen-bond acceptors (Lipinski definition) is 3. The smallest absolute Gasteiger partial charge is 0.0438 e. The van der Waals surface area contributed by atoms with Crippen LogP contribution in [-0.2, 0) is 6.42 Å². The maximum atomic E-state index is 8.74. The number of aliphatic hydroxyl groups excluding tert-OH is 1. The molecule has 0 saturated carbocycles. The van der Waals surface area contributed by atoms with E-state index in [9.17, 15) is 0 Å². The van der Waals surface area contributed by atoms with Crippen LogP contribution in [0.5, 0.6) is 0 Å². The molecule has 1 aromatic rings. The van der Waals surface area contributed by atoms with E-state index in [2.05, 4.69) is 24.3 Å². The first kappa shape index (κ1) is 11.0. The minimum Gasteiger partial charge on any atom is -0.396 e. The number of hydrogen-bond donors (Lipinski definition) is 2. The van der Waals surface area contributed by atoms with Crippen molar-refractivity contribution < 1.29 is 5.11 Å². The molecular weight excluding hydrogens is 206 g/mol. The summed E-state index contributed by atoms with van der Waals surface area (Å²) in [6.45, 7) is 0.280. The Hall–Kier alpha value is -0.510. The molecule has 0 spiro atoms. The minimum atomic E-state index is 0.171. The van der Waals surface area contributed by atoms with Crippen LogP contribution in [0.1, 0.15) is 23.6 Å². The van der Waals surface area contributed by atoms with E-state index >= 15 is 0 Å². The fourth-order valence-corrected chi connectivity index (χ4v) is 3.30. The van der Waals surface area contributed by atoms with Crippen LogP contribution < -0.4 is 5.73 Å².